The molecule has 43 heavy (non-hydrogen) atoms. The third-order valence-electron chi connectivity index (χ3n) is 8.73. The summed E-state index contributed by atoms with van der Waals surface area (Å²) in [6, 6.07) is 0. The van der Waals surface area contributed by atoms with Gasteiger partial charge in [0.15, 0.2) is 22.3 Å². The Bertz CT molecular complexity index is 662. The van der Waals surface area contributed by atoms with Crippen LogP contribution >= 0.6 is 24.4 Å². The molecular formula is C36H68O5S2. The molecule has 7 heteroatoms. The Morgan fingerprint density at radius 1 is 0.558 bits per heavy atom. The van der Waals surface area contributed by atoms with E-state index in [1.165, 1.54) is 128 Å². The molecule has 0 radical (unpaired) electrons. The van der Waals surface area contributed by atoms with Gasteiger partial charge in [-0.3, -0.25) is 0 Å². The summed E-state index contributed by atoms with van der Waals surface area (Å²) >= 11 is 11.1. The molecule has 0 unspecified atom stereocenters. The molecule has 5 nitrogen and oxygen atoms in total. The highest BCUT2D eigenvalue weighted by Gasteiger charge is 2.43. The van der Waals surface area contributed by atoms with Gasteiger partial charge >= 0.3 is 0 Å². The van der Waals surface area contributed by atoms with Gasteiger partial charge in [-0.2, -0.15) is 0 Å². The third kappa shape index (κ3) is 21.9. The number of unbranched alkanes of at least 4 members (excludes halogenated alkanes) is 22. The van der Waals surface area contributed by atoms with Crippen molar-refractivity contribution in [1.82, 2.24) is 0 Å². The molecule has 1 heterocycles. The predicted molar refractivity (Wildman–Crippen MR) is 189 cm³/mol. The Hall–Kier alpha value is -0.340. The molecule has 254 valence electrons. The normalized spacial score (nSPS) is 20.3. The lowest BCUT2D eigenvalue weighted by Gasteiger charge is -2.40. The van der Waals surface area contributed by atoms with Crippen LogP contribution in [0.5, 0.6) is 0 Å². The van der Waals surface area contributed by atoms with Crippen LogP contribution in [-0.4, -0.2) is 57.9 Å². The quantitative estimate of drug-likeness (QED) is 0.0620. The van der Waals surface area contributed by atoms with Gasteiger partial charge in [-0.25, -0.2) is 0 Å². The van der Waals surface area contributed by atoms with Crippen molar-refractivity contribution in [2.75, 3.05) is 13.2 Å². The smallest absolute Gasteiger partial charge is 0.167 e. The average Bonchev–Trinajstić information content (AvgIpc) is 3.00. The standard InChI is InChI=1S/C36H68O5S2/c1-3-5-7-9-11-13-15-17-19-21-23-25-27-33(42)40-35-31(38)30-39-32(29-37)36(35)41-34(43)28-26-24-22-20-18-16-14-12-10-8-6-4-2/h31-32,35-38H,3-30H2,1-2H3/t31-,32+,35+,36+/m1/s1. The van der Waals surface area contributed by atoms with Crippen LogP contribution in [0.2, 0.25) is 0 Å². The molecule has 0 saturated carbocycles. The number of ether oxygens (including phenoxy) is 3. The molecule has 2 N–H and O–H groups in total. The second-order valence-electron chi connectivity index (χ2n) is 12.8. The van der Waals surface area contributed by atoms with Crippen molar-refractivity contribution in [3.05, 3.63) is 0 Å². The summed E-state index contributed by atoms with van der Waals surface area (Å²) in [7, 11) is 0. The Balaban J connectivity index is 2.22. The van der Waals surface area contributed by atoms with Gasteiger partial charge in [0.25, 0.3) is 0 Å². The molecule has 0 bridgehead atoms. The maximum Gasteiger partial charge on any atom is 0.167 e. The SMILES string of the molecule is CCCCCCCCCCCCCCC(=S)O[C@@H]1[C@@H](OC(=S)CCCCCCCCCCCCCC)[C@H](CO)OC[C@H]1O. The summed E-state index contributed by atoms with van der Waals surface area (Å²) in [5, 5.41) is 21.6. The Morgan fingerprint density at radius 3 is 1.23 bits per heavy atom. The van der Waals surface area contributed by atoms with Gasteiger partial charge in [0.1, 0.15) is 12.2 Å². The minimum atomic E-state index is -0.873. The van der Waals surface area contributed by atoms with E-state index in [2.05, 4.69) is 13.8 Å². The first-order valence-corrected chi connectivity index (χ1v) is 19.1. The monoisotopic (exact) mass is 644 g/mol. The summed E-state index contributed by atoms with van der Waals surface area (Å²) in [4.78, 5) is 0. The average molecular weight is 645 g/mol. The number of hydrogen-bond acceptors (Lipinski definition) is 7. The third-order valence-corrected chi connectivity index (χ3v) is 9.34. The molecule has 1 aliphatic rings. The molecule has 1 fully saturated rings. The van der Waals surface area contributed by atoms with Gasteiger partial charge in [0.05, 0.1) is 13.2 Å². The van der Waals surface area contributed by atoms with Crippen molar-refractivity contribution < 1.29 is 24.4 Å². The van der Waals surface area contributed by atoms with Crippen LogP contribution in [0.3, 0.4) is 0 Å². The van der Waals surface area contributed by atoms with E-state index in [1.54, 1.807) is 0 Å². The fraction of sp³-hybridized carbons (Fsp3) is 0.944. The lowest BCUT2D eigenvalue weighted by molar-refractivity contribution is -0.185. The minimum absolute atomic E-state index is 0.0858. The molecule has 4 atom stereocenters. The zero-order valence-electron chi connectivity index (χ0n) is 28.0. The first-order valence-electron chi connectivity index (χ1n) is 18.3. The van der Waals surface area contributed by atoms with Gasteiger partial charge < -0.3 is 24.4 Å². The molecule has 0 aromatic heterocycles. The number of hydrogen-bond donors (Lipinski definition) is 2. The lowest BCUT2D eigenvalue weighted by atomic mass is 9.99. The second-order valence-corrected chi connectivity index (χ2v) is 13.7. The highest BCUT2D eigenvalue weighted by atomic mass is 32.1. The van der Waals surface area contributed by atoms with Crippen LogP contribution in [0.15, 0.2) is 0 Å². The van der Waals surface area contributed by atoms with E-state index < -0.39 is 24.4 Å². The van der Waals surface area contributed by atoms with E-state index in [-0.39, 0.29) is 13.2 Å². The zero-order valence-corrected chi connectivity index (χ0v) is 29.7. The summed E-state index contributed by atoms with van der Waals surface area (Å²) in [5.74, 6) is 0. The maximum atomic E-state index is 10.7. The number of aliphatic hydroxyl groups is 2. The molecule has 0 aromatic carbocycles. The Kier molecular flexibility index (Phi) is 27.5. The molecule has 0 spiro atoms. The zero-order chi connectivity index (χ0) is 31.4. The Labute approximate surface area is 276 Å². The molecule has 0 aliphatic carbocycles. The van der Waals surface area contributed by atoms with Crippen molar-refractivity contribution in [2.45, 2.75) is 205 Å². The Morgan fingerprint density at radius 2 is 0.884 bits per heavy atom. The molecule has 1 rings (SSSR count). The molecule has 1 aliphatic heterocycles. The number of rotatable bonds is 29. The predicted octanol–water partition coefficient (Wildman–Crippen LogP) is 10.3. The molecule has 0 amide bonds. The lowest BCUT2D eigenvalue weighted by Crippen LogP contribution is -2.57. The van der Waals surface area contributed by atoms with Gasteiger partial charge in [0.2, 0.25) is 0 Å². The first kappa shape index (κ1) is 40.7. The van der Waals surface area contributed by atoms with Crippen LogP contribution in [0.4, 0.5) is 0 Å². The number of aliphatic hydroxyl groups excluding tert-OH is 2. The van der Waals surface area contributed by atoms with Crippen LogP contribution in [0.1, 0.15) is 181 Å². The topological polar surface area (TPSA) is 68.2 Å². The second kappa shape index (κ2) is 29.1. The van der Waals surface area contributed by atoms with Gasteiger partial charge in [-0.05, 0) is 37.3 Å². The van der Waals surface area contributed by atoms with E-state index >= 15 is 0 Å². The first-order chi connectivity index (χ1) is 21.0. The van der Waals surface area contributed by atoms with Crippen molar-refractivity contribution >= 4 is 34.5 Å². The number of thiocarbonyl (C=S) groups is 2. The fourth-order valence-corrected chi connectivity index (χ4v) is 6.44. The van der Waals surface area contributed by atoms with E-state index in [4.69, 9.17) is 38.6 Å². The largest absolute Gasteiger partial charge is 0.477 e. The molecule has 1 saturated heterocycles. The van der Waals surface area contributed by atoms with E-state index in [1.807, 2.05) is 0 Å². The van der Waals surface area contributed by atoms with E-state index in [0.29, 0.717) is 22.9 Å². The maximum absolute atomic E-state index is 10.7. The highest BCUT2D eigenvalue weighted by molar-refractivity contribution is 7.80. The fourth-order valence-electron chi connectivity index (χ4n) is 5.93. The highest BCUT2D eigenvalue weighted by Crippen LogP contribution is 2.24. The van der Waals surface area contributed by atoms with Crippen LogP contribution < -0.4 is 0 Å². The summed E-state index contributed by atoms with van der Waals surface area (Å²) in [6.07, 6.45) is 29.6. The van der Waals surface area contributed by atoms with E-state index in [0.717, 1.165) is 25.7 Å². The van der Waals surface area contributed by atoms with Crippen LogP contribution in [0, 0.1) is 0 Å². The van der Waals surface area contributed by atoms with Gasteiger partial charge in [-0.15, -0.1) is 0 Å². The molecular weight excluding hydrogens is 577 g/mol. The molecule has 0 aromatic rings. The van der Waals surface area contributed by atoms with Gasteiger partial charge in [0, 0.05) is 12.8 Å². The van der Waals surface area contributed by atoms with E-state index in [9.17, 15) is 10.2 Å². The van der Waals surface area contributed by atoms with Crippen molar-refractivity contribution in [1.29, 1.82) is 0 Å². The summed E-state index contributed by atoms with van der Waals surface area (Å²) < 4.78 is 17.8. The van der Waals surface area contributed by atoms with Gasteiger partial charge in [-0.1, -0.05) is 155 Å². The van der Waals surface area contributed by atoms with Crippen molar-refractivity contribution in [3.63, 3.8) is 0 Å². The minimum Gasteiger partial charge on any atom is -0.477 e. The van der Waals surface area contributed by atoms with Crippen molar-refractivity contribution in [3.8, 4) is 0 Å². The summed E-state index contributed by atoms with van der Waals surface area (Å²) in [5.41, 5.74) is 0. The van der Waals surface area contributed by atoms with Crippen molar-refractivity contribution in [2.24, 2.45) is 0 Å². The summed E-state index contributed by atoms with van der Waals surface area (Å²) in [6.45, 7) is 4.40. The van der Waals surface area contributed by atoms with Crippen LogP contribution in [-0.2, 0) is 14.2 Å². The van der Waals surface area contributed by atoms with Crippen LogP contribution in [0.25, 0.3) is 0 Å².